The number of carbonyl (C=O) groups excluding carboxylic acids is 5. The summed E-state index contributed by atoms with van der Waals surface area (Å²) in [7, 11) is 0.445. The van der Waals surface area contributed by atoms with Gasteiger partial charge in [-0.2, -0.15) is 5.26 Å². The standard InChI is InChI=1S/C16H29NO4.C15H29NO3.C15H27NO3.C15H29NOSi.C14H30O2Si.C9H19NO/c1-12(18)20-11-14-7-5-13(6-8-14)9-10-17-15(19)21-16(2,3)4;2*1-15(2,3)19-14(18)16(4)10-9-12-5-7-13(11-17)8-6-12;1-15(2,3)18(4,5)17-12-14-8-6-13(7-9-14)10-11-16;1-14(2,3)17(4,5)16-11-13-8-6-12(10-15)7-9-13;10-6-5-8-1-3-9(7-11)4-2-8/h13-14H,5-11H2,1-4H3,(H,17,19);12-13,17H,5-11H2,1-4H3;11-13H,5-10H2,1-4H3;13-14H,6-10,12H2,1-5H3;12-13,15H,6-11H2,1-5H3;8-9,11H,1-7,10H2. The number of nitrogens with two attached hydrogens (primary N) is 1. The maximum Gasteiger partial charge on any atom is 0.410 e. The molecule has 105 heavy (non-hydrogen) atoms. The third kappa shape index (κ3) is 46.8. The van der Waals surface area contributed by atoms with E-state index in [-0.39, 0.29) is 30.2 Å². The Morgan fingerprint density at radius 3 is 1.05 bits per heavy atom. The van der Waals surface area contributed by atoms with Gasteiger partial charge >= 0.3 is 24.2 Å². The van der Waals surface area contributed by atoms with E-state index in [4.69, 9.17) is 54.1 Å². The predicted molar refractivity (Wildman–Crippen MR) is 433 cm³/mol. The lowest BCUT2D eigenvalue weighted by Gasteiger charge is -2.38. The van der Waals surface area contributed by atoms with Gasteiger partial charge in [0, 0.05) is 86.0 Å². The van der Waals surface area contributed by atoms with Crippen molar-refractivity contribution in [3.8, 4) is 6.07 Å². The number of aliphatic hydroxyl groups is 3. The minimum Gasteiger partial charge on any atom is -0.466 e. The number of alkyl carbamates (subject to hydrolysis) is 1. The largest absolute Gasteiger partial charge is 0.466 e. The maximum atomic E-state index is 11.8. The lowest BCUT2D eigenvalue weighted by molar-refractivity contribution is -0.142. The van der Waals surface area contributed by atoms with Gasteiger partial charge in [0.1, 0.15) is 23.1 Å². The first-order chi connectivity index (χ1) is 48.8. The first kappa shape index (κ1) is 99.6. The van der Waals surface area contributed by atoms with E-state index in [0.717, 1.165) is 147 Å². The quantitative estimate of drug-likeness (QED) is 0.0260. The van der Waals surface area contributed by atoms with Crippen LogP contribution in [0.5, 0.6) is 0 Å². The second-order valence-electron chi connectivity index (χ2n) is 38.4. The molecule has 0 aliphatic heterocycles. The molecule has 0 aromatic heterocycles. The van der Waals surface area contributed by atoms with Crippen molar-refractivity contribution in [3.05, 3.63) is 0 Å². The molecule has 3 amide bonds. The Balaban J connectivity index is 0.000000635. The lowest BCUT2D eigenvalue weighted by Crippen LogP contribution is -2.42. The molecule has 0 unspecified atom stereocenters. The molecule has 0 saturated heterocycles. The number of rotatable bonds is 24. The van der Waals surface area contributed by atoms with E-state index in [1.165, 1.54) is 103 Å². The third-order valence-corrected chi connectivity index (χ3v) is 32.5. The van der Waals surface area contributed by atoms with Crippen LogP contribution in [0, 0.1) is 82.3 Å². The molecule has 0 radical (unpaired) electrons. The van der Waals surface area contributed by atoms with Crippen molar-refractivity contribution in [2.24, 2.45) is 76.7 Å². The van der Waals surface area contributed by atoms with E-state index in [1.807, 2.05) is 62.3 Å². The average molecular weight is 1520 g/mol. The Morgan fingerprint density at radius 2 is 0.752 bits per heavy atom. The summed E-state index contributed by atoms with van der Waals surface area (Å²) in [4.78, 5) is 59.9. The van der Waals surface area contributed by atoms with Gasteiger partial charge < -0.3 is 68.8 Å². The summed E-state index contributed by atoms with van der Waals surface area (Å²) in [6.45, 7) is 47.9. The fourth-order valence-electron chi connectivity index (χ4n) is 13.9. The van der Waals surface area contributed by atoms with Crippen molar-refractivity contribution in [3.63, 3.8) is 0 Å². The fourth-order valence-corrected chi connectivity index (χ4v) is 16.1. The highest BCUT2D eigenvalue weighted by atomic mass is 28.4. The second kappa shape index (κ2) is 50.5. The number of ether oxygens (including phenoxy) is 4. The first-order valence-electron chi connectivity index (χ1n) is 41.4. The maximum absolute atomic E-state index is 11.8. The Bertz CT molecular complexity index is 2370. The van der Waals surface area contributed by atoms with Gasteiger partial charge in [-0.15, -0.1) is 0 Å². The Morgan fingerprint density at radius 1 is 0.457 bits per heavy atom. The molecule has 0 atom stereocenters. The van der Waals surface area contributed by atoms with Crippen molar-refractivity contribution in [1.29, 1.82) is 5.26 Å². The lowest BCUT2D eigenvalue weighted by atomic mass is 9.81. The molecule has 0 bridgehead atoms. The summed E-state index contributed by atoms with van der Waals surface area (Å²) in [5, 5.41) is 39.3. The Labute approximate surface area is 644 Å². The van der Waals surface area contributed by atoms with Crippen LogP contribution in [-0.4, -0.2) is 169 Å². The molecule has 0 aromatic rings. The molecule has 21 heteroatoms. The first-order valence-corrected chi connectivity index (χ1v) is 47.2. The summed E-state index contributed by atoms with van der Waals surface area (Å²) >= 11 is 0. The topological polar surface area (TPSA) is 270 Å². The van der Waals surface area contributed by atoms with Crippen LogP contribution in [-0.2, 0) is 37.4 Å². The molecule has 6 aliphatic carbocycles. The van der Waals surface area contributed by atoms with E-state index < -0.39 is 33.4 Å². The van der Waals surface area contributed by atoms with Crippen LogP contribution < -0.4 is 11.1 Å². The van der Waals surface area contributed by atoms with Crippen molar-refractivity contribution in [1.82, 2.24) is 15.1 Å². The monoisotopic (exact) mass is 1520 g/mol. The normalized spacial score (nSPS) is 25.3. The number of amides is 3. The van der Waals surface area contributed by atoms with E-state index in [1.54, 1.807) is 23.9 Å². The van der Waals surface area contributed by atoms with E-state index >= 15 is 0 Å². The van der Waals surface area contributed by atoms with Gasteiger partial charge in [0.15, 0.2) is 16.6 Å². The molecular weight excluding hydrogens is 1360 g/mol. The molecular formula is C84H163N5O14Si2. The van der Waals surface area contributed by atoms with Crippen LogP contribution in [0.3, 0.4) is 0 Å². The summed E-state index contributed by atoms with van der Waals surface area (Å²) in [6.07, 6.45) is 33.2. The molecule has 6 N–H and O–H groups in total. The minimum atomic E-state index is -1.57. The third-order valence-electron chi connectivity index (χ3n) is 23.5. The number of esters is 1. The van der Waals surface area contributed by atoms with Gasteiger partial charge in [-0.25, -0.2) is 14.4 Å². The van der Waals surface area contributed by atoms with Crippen molar-refractivity contribution in [2.75, 3.05) is 79.9 Å². The smallest absolute Gasteiger partial charge is 0.410 e. The summed E-state index contributed by atoms with van der Waals surface area (Å²) in [5.41, 5.74) is 4.17. The number of nitrogens with zero attached hydrogens (tertiary/aromatic N) is 3. The van der Waals surface area contributed by atoms with Gasteiger partial charge in [0.05, 0.1) is 12.7 Å². The molecule has 6 fully saturated rings. The molecule has 0 spiro atoms. The van der Waals surface area contributed by atoms with Crippen molar-refractivity contribution < 1.29 is 67.1 Å². The zero-order valence-corrected chi connectivity index (χ0v) is 73.3. The molecule has 19 nitrogen and oxygen atoms in total. The van der Waals surface area contributed by atoms with Gasteiger partial charge in [-0.05, 0) is 324 Å². The number of nitriles is 1. The molecule has 0 heterocycles. The number of hydrogen-bond acceptors (Lipinski definition) is 16. The van der Waals surface area contributed by atoms with Crippen molar-refractivity contribution in [2.45, 2.75) is 350 Å². The summed E-state index contributed by atoms with van der Waals surface area (Å²) in [5.74, 6) is 7.15. The minimum absolute atomic E-state index is 0.196. The molecule has 6 saturated carbocycles. The van der Waals surface area contributed by atoms with Gasteiger partial charge in [-0.1, -0.05) is 67.2 Å². The van der Waals surface area contributed by atoms with Crippen LogP contribution in [0.1, 0.15) is 297 Å². The SMILES string of the molecule is CC(=O)OCC1CCC(CCNC(=O)OC(C)(C)C)CC1.CC(C)(C)[Si](C)(C)OCC1CCC(CC#N)CC1.CC(C)(C)[Si](C)(C)OCC1CCC(CO)CC1.CN(CCC1CCC(C=O)CC1)C(=O)OC(C)(C)C.CN(CCC1CCC(CO)CC1)C(=O)OC(C)(C)C.NCCC1CCC(CO)CC1. The summed E-state index contributed by atoms with van der Waals surface area (Å²) < 4.78 is 33.5. The molecule has 0 aromatic carbocycles. The second-order valence-corrected chi connectivity index (χ2v) is 48.0. The van der Waals surface area contributed by atoms with E-state index in [2.05, 4.69) is 79.1 Å². The highest BCUT2D eigenvalue weighted by Crippen LogP contribution is 2.41. The summed E-state index contributed by atoms with van der Waals surface area (Å²) in [6, 6.07) is 2.30. The van der Waals surface area contributed by atoms with Crippen LogP contribution in [0.25, 0.3) is 0 Å². The number of nitrogens with one attached hydrogen (secondary N) is 1. The predicted octanol–water partition coefficient (Wildman–Crippen LogP) is 19.2. The van der Waals surface area contributed by atoms with Gasteiger partial charge in [-0.3, -0.25) is 4.79 Å². The Hall–Kier alpha value is -3.37. The van der Waals surface area contributed by atoms with Crippen LogP contribution in [0.2, 0.25) is 36.3 Å². The number of hydrogen-bond donors (Lipinski definition) is 5. The van der Waals surface area contributed by atoms with Gasteiger partial charge in [0.2, 0.25) is 0 Å². The van der Waals surface area contributed by atoms with Crippen LogP contribution >= 0.6 is 0 Å². The highest BCUT2D eigenvalue weighted by Gasteiger charge is 2.40. The van der Waals surface area contributed by atoms with Crippen molar-refractivity contribution >= 4 is 47.2 Å². The average Bonchev–Trinajstić information content (AvgIpc) is 0.841. The fraction of sp³-hybridized carbons (Fsp3) is 0.929. The highest BCUT2D eigenvalue weighted by molar-refractivity contribution is 6.74. The van der Waals surface area contributed by atoms with E-state index in [9.17, 15) is 24.0 Å². The van der Waals surface area contributed by atoms with Crippen LogP contribution in [0.15, 0.2) is 0 Å². The number of carbonyl (C=O) groups is 5. The van der Waals surface area contributed by atoms with Gasteiger partial charge in [0.25, 0.3) is 0 Å². The molecule has 6 rings (SSSR count). The number of aldehydes is 1. The zero-order valence-electron chi connectivity index (χ0n) is 71.3. The Kier molecular flexibility index (Phi) is 47.9. The molecule has 616 valence electrons. The number of aliphatic hydroxyl groups excluding tert-OH is 3. The van der Waals surface area contributed by atoms with E-state index in [0.29, 0.717) is 90.4 Å². The van der Waals surface area contributed by atoms with Crippen LogP contribution in [0.4, 0.5) is 14.4 Å². The molecule has 6 aliphatic rings. The zero-order chi connectivity index (χ0) is 79.8.